The fourth-order valence-corrected chi connectivity index (χ4v) is 3.33. The highest BCUT2D eigenvalue weighted by atomic mass is 16.6. The van der Waals surface area contributed by atoms with Crippen LogP contribution in [-0.2, 0) is 11.3 Å². The van der Waals surface area contributed by atoms with Crippen molar-refractivity contribution in [1.29, 1.82) is 0 Å². The van der Waals surface area contributed by atoms with Crippen LogP contribution >= 0.6 is 0 Å². The van der Waals surface area contributed by atoms with Gasteiger partial charge in [-0.15, -0.1) is 0 Å². The van der Waals surface area contributed by atoms with Gasteiger partial charge in [0.2, 0.25) is 5.91 Å². The summed E-state index contributed by atoms with van der Waals surface area (Å²) in [5.74, 6) is 1.16. The van der Waals surface area contributed by atoms with Crippen LogP contribution in [0.3, 0.4) is 0 Å². The zero-order chi connectivity index (χ0) is 21.0. The first-order valence-electron chi connectivity index (χ1n) is 9.31. The molecule has 3 rings (SSSR count). The second-order valence-corrected chi connectivity index (χ2v) is 6.74. The van der Waals surface area contributed by atoms with Crippen molar-refractivity contribution in [2.75, 3.05) is 14.2 Å². The molecule has 1 aliphatic rings. The zero-order valence-corrected chi connectivity index (χ0v) is 16.6. The summed E-state index contributed by atoms with van der Waals surface area (Å²) in [5.41, 5.74) is 2.47. The predicted octanol–water partition coefficient (Wildman–Crippen LogP) is 3.77. The van der Waals surface area contributed by atoms with Crippen molar-refractivity contribution in [1.82, 2.24) is 5.01 Å². The molecule has 8 nitrogen and oxygen atoms in total. The van der Waals surface area contributed by atoms with Crippen LogP contribution in [0.1, 0.15) is 30.9 Å². The molecule has 29 heavy (non-hydrogen) atoms. The van der Waals surface area contributed by atoms with Gasteiger partial charge in [-0.1, -0.05) is 19.1 Å². The summed E-state index contributed by atoms with van der Waals surface area (Å²) in [4.78, 5) is 23.0. The van der Waals surface area contributed by atoms with Crippen LogP contribution < -0.4 is 9.47 Å². The van der Waals surface area contributed by atoms with Crippen molar-refractivity contribution in [3.8, 4) is 11.5 Å². The number of methoxy groups -OCH3 is 2. The van der Waals surface area contributed by atoms with Gasteiger partial charge in [-0.05, 0) is 30.2 Å². The van der Waals surface area contributed by atoms with Crippen LogP contribution in [-0.4, -0.2) is 35.8 Å². The molecule has 0 bridgehead atoms. The monoisotopic (exact) mass is 397 g/mol. The van der Waals surface area contributed by atoms with Crippen LogP contribution in [0.4, 0.5) is 5.69 Å². The van der Waals surface area contributed by atoms with Crippen LogP contribution in [0.2, 0.25) is 0 Å². The Labute approximate surface area is 168 Å². The molecule has 2 aromatic rings. The Hall–Kier alpha value is -3.42. The lowest BCUT2D eigenvalue weighted by atomic mass is 9.89. The number of carbonyl (C=O) groups is 1. The first-order chi connectivity index (χ1) is 14.0. The molecule has 0 aliphatic carbocycles. The summed E-state index contributed by atoms with van der Waals surface area (Å²) in [6.45, 7) is 2.28. The number of hydrogen-bond acceptors (Lipinski definition) is 6. The van der Waals surface area contributed by atoms with Gasteiger partial charge in [0.15, 0.2) is 11.5 Å². The minimum Gasteiger partial charge on any atom is -0.493 e. The molecule has 0 radical (unpaired) electrons. The molecule has 0 saturated carbocycles. The molecule has 8 heteroatoms. The van der Waals surface area contributed by atoms with Gasteiger partial charge < -0.3 is 9.47 Å². The first kappa shape index (κ1) is 20.3. The van der Waals surface area contributed by atoms with Crippen molar-refractivity contribution in [3.63, 3.8) is 0 Å². The average Bonchev–Trinajstić information content (AvgIpc) is 2.74. The first-order valence-corrected chi connectivity index (χ1v) is 9.31. The number of benzene rings is 2. The number of carbonyl (C=O) groups excluding carboxylic acids is 1. The SMILES string of the molecule is CCC1CC(=O)N(Cc2ccc([N+](=O)[O-])cc2)N=C1c1ccc(OC)c(OC)c1. The third-order valence-electron chi connectivity index (χ3n) is 4.98. The molecule has 1 atom stereocenters. The number of hydrazone groups is 1. The number of amides is 1. The van der Waals surface area contributed by atoms with E-state index >= 15 is 0 Å². The van der Waals surface area contributed by atoms with E-state index in [0.29, 0.717) is 17.9 Å². The summed E-state index contributed by atoms with van der Waals surface area (Å²) in [6, 6.07) is 11.7. The maximum Gasteiger partial charge on any atom is 0.269 e. The second kappa shape index (κ2) is 8.72. The van der Waals surface area contributed by atoms with Gasteiger partial charge in [0.25, 0.3) is 5.69 Å². The Balaban J connectivity index is 1.92. The van der Waals surface area contributed by atoms with Gasteiger partial charge in [-0.25, -0.2) is 5.01 Å². The van der Waals surface area contributed by atoms with Crippen molar-refractivity contribution in [2.45, 2.75) is 26.3 Å². The Bertz CT molecular complexity index is 940. The van der Waals surface area contributed by atoms with Crippen LogP contribution in [0.15, 0.2) is 47.6 Å². The summed E-state index contributed by atoms with van der Waals surface area (Å²) in [6.07, 6.45) is 1.14. The Morgan fingerprint density at radius 2 is 1.83 bits per heavy atom. The Morgan fingerprint density at radius 3 is 2.41 bits per heavy atom. The third-order valence-corrected chi connectivity index (χ3v) is 4.98. The molecule has 1 aliphatic heterocycles. The summed E-state index contributed by atoms with van der Waals surface area (Å²) < 4.78 is 10.7. The molecule has 1 amide bonds. The quantitative estimate of drug-likeness (QED) is 0.523. The normalized spacial score (nSPS) is 16.4. The van der Waals surface area contributed by atoms with Crippen molar-refractivity contribution in [2.24, 2.45) is 11.0 Å². The van der Waals surface area contributed by atoms with E-state index in [2.05, 4.69) is 5.10 Å². The number of ether oxygens (including phenoxy) is 2. The lowest BCUT2D eigenvalue weighted by molar-refractivity contribution is -0.384. The van der Waals surface area contributed by atoms with E-state index in [1.54, 1.807) is 26.4 Å². The lowest BCUT2D eigenvalue weighted by Crippen LogP contribution is -2.36. The highest BCUT2D eigenvalue weighted by Crippen LogP contribution is 2.31. The molecule has 0 N–H and O–H groups in total. The predicted molar refractivity (Wildman–Crippen MR) is 108 cm³/mol. The van der Waals surface area contributed by atoms with Gasteiger partial charge in [0.1, 0.15) is 0 Å². The summed E-state index contributed by atoms with van der Waals surface area (Å²) in [5, 5.41) is 16.9. The van der Waals surface area contributed by atoms with Crippen LogP contribution in [0.25, 0.3) is 0 Å². The van der Waals surface area contributed by atoms with E-state index in [1.165, 1.54) is 17.1 Å². The average molecular weight is 397 g/mol. The van der Waals surface area contributed by atoms with E-state index in [1.807, 2.05) is 25.1 Å². The van der Waals surface area contributed by atoms with Gasteiger partial charge >= 0.3 is 0 Å². The Kier molecular flexibility index (Phi) is 6.11. The second-order valence-electron chi connectivity index (χ2n) is 6.74. The summed E-state index contributed by atoms with van der Waals surface area (Å²) >= 11 is 0. The Morgan fingerprint density at radius 1 is 1.14 bits per heavy atom. The molecular formula is C21H23N3O5. The number of nitro benzene ring substituents is 1. The zero-order valence-electron chi connectivity index (χ0n) is 16.6. The fourth-order valence-electron chi connectivity index (χ4n) is 3.33. The maximum absolute atomic E-state index is 12.6. The van der Waals surface area contributed by atoms with E-state index in [0.717, 1.165) is 23.3 Å². The van der Waals surface area contributed by atoms with E-state index < -0.39 is 4.92 Å². The van der Waals surface area contributed by atoms with Gasteiger partial charge in [-0.2, -0.15) is 5.10 Å². The number of nitro groups is 1. The number of hydrogen-bond donors (Lipinski definition) is 0. The van der Waals surface area contributed by atoms with Crippen molar-refractivity contribution in [3.05, 3.63) is 63.7 Å². The summed E-state index contributed by atoms with van der Waals surface area (Å²) in [7, 11) is 3.15. The molecule has 0 saturated heterocycles. The van der Waals surface area contributed by atoms with Gasteiger partial charge in [-0.3, -0.25) is 14.9 Å². The number of non-ortho nitro benzene ring substituents is 1. The highest BCUT2D eigenvalue weighted by molar-refractivity contribution is 6.06. The van der Waals surface area contributed by atoms with E-state index in [-0.39, 0.29) is 24.1 Å². The lowest BCUT2D eigenvalue weighted by Gasteiger charge is -2.29. The fraction of sp³-hybridized carbons (Fsp3) is 0.333. The van der Waals surface area contributed by atoms with Crippen LogP contribution in [0, 0.1) is 16.0 Å². The standard InChI is InChI=1S/C21H23N3O5/c1-4-15-12-20(25)23(13-14-5-8-17(9-6-14)24(26)27)22-21(15)16-7-10-18(28-2)19(11-16)29-3/h5-11,15H,4,12-13H2,1-3H3. The molecular weight excluding hydrogens is 374 g/mol. The molecule has 0 spiro atoms. The van der Waals surface area contributed by atoms with Crippen molar-refractivity contribution < 1.29 is 19.2 Å². The molecule has 0 aromatic heterocycles. The highest BCUT2D eigenvalue weighted by Gasteiger charge is 2.29. The van der Waals surface area contributed by atoms with Crippen LogP contribution in [0.5, 0.6) is 11.5 Å². The molecule has 1 unspecified atom stereocenters. The number of rotatable bonds is 7. The topological polar surface area (TPSA) is 94.3 Å². The minimum absolute atomic E-state index is 0.00807. The number of nitrogens with zero attached hydrogens (tertiary/aromatic N) is 3. The van der Waals surface area contributed by atoms with E-state index in [9.17, 15) is 14.9 Å². The third kappa shape index (κ3) is 4.37. The smallest absolute Gasteiger partial charge is 0.269 e. The molecule has 152 valence electrons. The molecule has 2 aromatic carbocycles. The maximum atomic E-state index is 12.6. The molecule has 0 fully saturated rings. The van der Waals surface area contributed by atoms with Crippen molar-refractivity contribution >= 4 is 17.3 Å². The molecule has 1 heterocycles. The largest absolute Gasteiger partial charge is 0.493 e. The van der Waals surface area contributed by atoms with Gasteiger partial charge in [0, 0.05) is 30.0 Å². The minimum atomic E-state index is -0.449. The van der Waals surface area contributed by atoms with E-state index in [4.69, 9.17) is 9.47 Å². The van der Waals surface area contributed by atoms with Gasteiger partial charge in [0.05, 0.1) is 31.4 Å².